The van der Waals surface area contributed by atoms with Crippen molar-refractivity contribution in [2.75, 3.05) is 40.6 Å². The molecular weight excluding hydrogens is 272 g/mol. The second-order valence-electron chi connectivity index (χ2n) is 4.90. The van der Waals surface area contributed by atoms with E-state index < -0.39 is 0 Å². The van der Waals surface area contributed by atoms with Crippen LogP contribution >= 0.6 is 0 Å². The average Bonchev–Trinajstić information content (AvgIpc) is 2.44. The van der Waals surface area contributed by atoms with Crippen LogP contribution in [0.3, 0.4) is 0 Å². The molecule has 7 nitrogen and oxygen atoms in total. The molecule has 1 rings (SSSR count). The molecule has 0 saturated heterocycles. The third kappa shape index (κ3) is 4.20. The first-order chi connectivity index (χ1) is 9.76. The molecule has 0 aromatic heterocycles. The molecule has 0 atom stereocenters. The van der Waals surface area contributed by atoms with Gasteiger partial charge in [0.1, 0.15) is 0 Å². The summed E-state index contributed by atoms with van der Waals surface area (Å²) < 4.78 is 0. The van der Waals surface area contributed by atoms with Crippen LogP contribution in [0.15, 0.2) is 18.2 Å². The Morgan fingerprint density at radius 3 is 1.95 bits per heavy atom. The fourth-order valence-electron chi connectivity index (χ4n) is 1.59. The Hall–Kier alpha value is -2.57. The normalized spacial score (nSPS) is 9.76. The summed E-state index contributed by atoms with van der Waals surface area (Å²) in [4.78, 5) is 38.3. The van der Waals surface area contributed by atoms with E-state index in [2.05, 4.69) is 10.6 Å². The molecule has 7 heteroatoms. The Kier molecular flexibility index (Phi) is 5.29. The zero-order valence-electron chi connectivity index (χ0n) is 12.9. The summed E-state index contributed by atoms with van der Waals surface area (Å²) in [6, 6.07) is 4.21. The number of hydrogen-bond donors (Lipinski definition) is 2. The Labute approximate surface area is 123 Å². The number of rotatable bonds is 3. The quantitative estimate of drug-likeness (QED) is 0.866. The maximum Gasteiger partial charge on any atom is 0.321 e. The van der Waals surface area contributed by atoms with E-state index in [4.69, 9.17) is 0 Å². The van der Waals surface area contributed by atoms with Crippen LogP contribution in [0.4, 0.5) is 10.5 Å². The summed E-state index contributed by atoms with van der Waals surface area (Å²) in [5, 5.41) is 5.12. The van der Waals surface area contributed by atoms with Crippen molar-refractivity contribution in [3.8, 4) is 0 Å². The van der Waals surface area contributed by atoms with Crippen LogP contribution in [-0.2, 0) is 0 Å². The number of carbonyl (C=O) groups excluding carboxylic acids is 3. The Morgan fingerprint density at radius 1 is 0.905 bits per heavy atom. The molecule has 4 amide bonds. The molecule has 0 heterocycles. The standard InChI is InChI=1S/C14H20N4O3/c1-15-12(19)9-6-10(13(20)17(2)3)8-11(7-9)16-14(21)18(4)5/h6-8H,1-5H3,(H,15,19)(H,16,21). The van der Waals surface area contributed by atoms with Crippen LogP contribution in [-0.4, -0.2) is 62.9 Å². The fraction of sp³-hybridized carbons (Fsp3) is 0.357. The molecule has 0 saturated carbocycles. The van der Waals surface area contributed by atoms with Crippen LogP contribution in [0.5, 0.6) is 0 Å². The highest BCUT2D eigenvalue weighted by molar-refractivity contribution is 6.02. The molecule has 114 valence electrons. The van der Waals surface area contributed by atoms with Gasteiger partial charge in [-0.2, -0.15) is 0 Å². The van der Waals surface area contributed by atoms with Crippen LogP contribution in [0.2, 0.25) is 0 Å². The van der Waals surface area contributed by atoms with Crippen LogP contribution in [0.1, 0.15) is 20.7 Å². The second-order valence-corrected chi connectivity index (χ2v) is 4.90. The summed E-state index contributed by atoms with van der Waals surface area (Å²) in [6.45, 7) is 0. The van der Waals surface area contributed by atoms with E-state index in [0.717, 1.165) is 0 Å². The summed E-state index contributed by atoms with van der Waals surface area (Å²) in [5.41, 5.74) is 1.02. The van der Waals surface area contributed by atoms with E-state index in [-0.39, 0.29) is 17.8 Å². The Bertz CT molecular complexity index is 567. The highest BCUT2D eigenvalue weighted by atomic mass is 16.2. The van der Waals surface area contributed by atoms with Crippen molar-refractivity contribution in [1.29, 1.82) is 0 Å². The SMILES string of the molecule is CNC(=O)c1cc(NC(=O)N(C)C)cc(C(=O)N(C)C)c1. The third-order valence-corrected chi connectivity index (χ3v) is 2.73. The molecule has 0 radical (unpaired) electrons. The number of urea groups is 1. The second kappa shape index (κ2) is 6.74. The topological polar surface area (TPSA) is 81.8 Å². The third-order valence-electron chi connectivity index (χ3n) is 2.73. The lowest BCUT2D eigenvalue weighted by molar-refractivity contribution is 0.0827. The zero-order chi connectivity index (χ0) is 16.2. The van der Waals surface area contributed by atoms with E-state index in [0.29, 0.717) is 16.8 Å². The van der Waals surface area contributed by atoms with Crippen molar-refractivity contribution in [3.63, 3.8) is 0 Å². The number of nitrogens with zero attached hydrogens (tertiary/aromatic N) is 2. The van der Waals surface area contributed by atoms with Gasteiger partial charge in [-0.15, -0.1) is 0 Å². The van der Waals surface area contributed by atoms with Gasteiger partial charge in [-0.05, 0) is 18.2 Å². The smallest absolute Gasteiger partial charge is 0.321 e. The Balaban J connectivity index is 3.24. The molecule has 0 aliphatic heterocycles. The molecule has 0 aliphatic rings. The van der Waals surface area contributed by atoms with Gasteiger partial charge < -0.3 is 20.4 Å². The van der Waals surface area contributed by atoms with Gasteiger partial charge >= 0.3 is 6.03 Å². The van der Waals surface area contributed by atoms with Crippen molar-refractivity contribution in [2.45, 2.75) is 0 Å². The predicted octanol–water partition coefficient (Wildman–Crippen LogP) is 0.841. The van der Waals surface area contributed by atoms with E-state index in [1.54, 1.807) is 28.2 Å². The number of amides is 4. The first-order valence-corrected chi connectivity index (χ1v) is 6.33. The van der Waals surface area contributed by atoms with Crippen LogP contribution in [0.25, 0.3) is 0 Å². The molecule has 0 aliphatic carbocycles. The van der Waals surface area contributed by atoms with Gasteiger partial charge in [0.25, 0.3) is 11.8 Å². The number of benzene rings is 1. The van der Waals surface area contributed by atoms with Gasteiger partial charge in [-0.25, -0.2) is 4.79 Å². The van der Waals surface area contributed by atoms with Crippen molar-refractivity contribution in [2.24, 2.45) is 0 Å². The van der Waals surface area contributed by atoms with Gasteiger partial charge in [0.05, 0.1) is 0 Å². The lowest BCUT2D eigenvalue weighted by Gasteiger charge is -2.15. The maximum atomic E-state index is 12.1. The van der Waals surface area contributed by atoms with Crippen molar-refractivity contribution in [3.05, 3.63) is 29.3 Å². The molecule has 0 bridgehead atoms. The number of nitrogens with one attached hydrogen (secondary N) is 2. The minimum Gasteiger partial charge on any atom is -0.355 e. The molecule has 21 heavy (non-hydrogen) atoms. The minimum absolute atomic E-state index is 0.249. The molecular formula is C14H20N4O3. The zero-order valence-corrected chi connectivity index (χ0v) is 12.9. The molecule has 0 unspecified atom stereocenters. The van der Waals surface area contributed by atoms with Crippen molar-refractivity contribution >= 4 is 23.5 Å². The first-order valence-electron chi connectivity index (χ1n) is 6.33. The average molecular weight is 292 g/mol. The number of hydrogen-bond acceptors (Lipinski definition) is 3. The van der Waals surface area contributed by atoms with Crippen molar-refractivity contribution < 1.29 is 14.4 Å². The maximum absolute atomic E-state index is 12.1. The molecule has 1 aromatic carbocycles. The van der Waals surface area contributed by atoms with Gasteiger partial charge in [-0.3, -0.25) is 9.59 Å². The monoisotopic (exact) mass is 292 g/mol. The lowest BCUT2D eigenvalue weighted by atomic mass is 10.1. The summed E-state index contributed by atoms with van der Waals surface area (Å²) in [6.07, 6.45) is 0. The van der Waals surface area contributed by atoms with E-state index in [9.17, 15) is 14.4 Å². The fourth-order valence-corrected chi connectivity index (χ4v) is 1.59. The van der Waals surface area contributed by atoms with Crippen LogP contribution in [0, 0.1) is 0 Å². The van der Waals surface area contributed by atoms with E-state index in [1.165, 1.54) is 35.0 Å². The summed E-state index contributed by atoms with van der Waals surface area (Å²) in [5.74, 6) is -0.579. The lowest BCUT2D eigenvalue weighted by Crippen LogP contribution is -2.28. The summed E-state index contributed by atoms with van der Waals surface area (Å²) in [7, 11) is 7.94. The number of carbonyl (C=O) groups is 3. The molecule has 0 fully saturated rings. The highest BCUT2D eigenvalue weighted by Crippen LogP contribution is 2.17. The largest absolute Gasteiger partial charge is 0.355 e. The molecule has 2 N–H and O–H groups in total. The summed E-state index contributed by atoms with van der Waals surface area (Å²) >= 11 is 0. The van der Waals surface area contributed by atoms with E-state index >= 15 is 0 Å². The minimum atomic E-state index is -0.340. The van der Waals surface area contributed by atoms with Gasteiger partial charge in [0.15, 0.2) is 0 Å². The van der Waals surface area contributed by atoms with Gasteiger partial charge in [0, 0.05) is 52.1 Å². The molecule has 0 spiro atoms. The highest BCUT2D eigenvalue weighted by Gasteiger charge is 2.15. The van der Waals surface area contributed by atoms with Gasteiger partial charge in [-0.1, -0.05) is 0 Å². The molecule has 1 aromatic rings. The van der Waals surface area contributed by atoms with Gasteiger partial charge in [0.2, 0.25) is 0 Å². The van der Waals surface area contributed by atoms with E-state index in [1.807, 2.05) is 0 Å². The van der Waals surface area contributed by atoms with Crippen LogP contribution < -0.4 is 10.6 Å². The first kappa shape index (κ1) is 16.5. The number of anilines is 1. The predicted molar refractivity (Wildman–Crippen MR) is 80.6 cm³/mol. The Morgan fingerprint density at radius 2 is 1.48 bits per heavy atom. The van der Waals surface area contributed by atoms with Crippen molar-refractivity contribution in [1.82, 2.24) is 15.1 Å².